The minimum atomic E-state index is -0.0656. The van der Waals surface area contributed by atoms with Crippen LogP contribution < -0.4 is 11.3 Å². The predicted molar refractivity (Wildman–Crippen MR) is 65.4 cm³/mol. The zero-order valence-electron chi connectivity index (χ0n) is 9.39. The lowest BCUT2D eigenvalue weighted by molar-refractivity contribution is 0.475. The first-order valence-corrected chi connectivity index (χ1v) is 5.51. The number of hydrogen-bond acceptors (Lipinski definition) is 3. The van der Waals surface area contributed by atoms with E-state index in [1.165, 1.54) is 4.68 Å². The Balaban J connectivity index is 2.31. The number of H-pyrrole nitrogens is 1. The Morgan fingerprint density at radius 3 is 2.65 bits per heavy atom. The summed E-state index contributed by atoms with van der Waals surface area (Å²) in [6.07, 6.45) is 3.17. The molecule has 1 heterocycles. The number of nitrogens with two attached hydrogens (primary N) is 1. The number of nitrogens with one attached hydrogen (secondary N) is 1. The number of rotatable bonds is 4. The van der Waals surface area contributed by atoms with Crippen LogP contribution in [0.1, 0.15) is 12.0 Å². The molecule has 17 heavy (non-hydrogen) atoms. The maximum atomic E-state index is 12.0. The molecule has 0 saturated heterocycles. The zero-order chi connectivity index (χ0) is 12.3. The lowest BCUT2D eigenvalue weighted by Gasteiger charge is -2.00. The van der Waals surface area contributed by atoms with Gasteiger partial charge in [0.05, 0.1) is 5.69 Å². The average Bonchev–Trinajstić information content (AvgIpc) is 2.69. The third-order valence-electron chi connectivity index (χ3n) is 2.60. The van der Waals surface area contributed by atoms with Crippen molar-refractivity contribution in [1.82, 2.24) is 9.78 Å². The lowest BCUT2D eigenvalue weighted by atomic mass is 10.2. The van der Waals surface area contributed by atoms with Gasteiger partial charge in [-0.15, -0.1) is 0 Å². The second-order valence-electron chi connectivity index (χ2n) is 3.85. The van der Waals surface area contributed by atoms with Crippen LogP contribution in [0.5, 0.6) is 5.75 Å². The summed E-state index contributed by atoms with van der Waals surface area (Å²) in [7, 11) is 0. The van der Waals surface area contributed by atoms with Crippen LogP contribution in [0.2, 0.25) is 0 Å². The van der Waals surface area contributed by atoms with E-state index in [-0.39, 0.29) is 11.3 Å². The van der Waals surface area contributed by atoms with Crippen molar-refractivity contribution in [2.24, 2.45) is 5.73 Å². The molecule has 1 aromatic carbocycles. The largest absolute Gasteiger partial charge is 0.508 e. The number of phenols is 1. The van der Waals surface area contributed by atoms with Gasteiger partial charge >= 0.3 is 0 Å². The SMILES string of the molecule is NCCCc1c[nH]n(-c2ccc(O)cc2)c1=O. The van der Waals surface area contributed by atoms with Gasteiger partial charge in [0.2, 0.25) is 0 Å². The normalized spacial score (nSPS) is 10.6. The van der Waals surface area contributed by atoms with E-state index in [4.69, 9.17) is 5.73 Å². The van der Waals surface area contributed by atoms with Crippen LogP contribution in [-0.4, -0.2) is 21.4 Å². The van der Waals surface area contributed by atoms with Crippen LogP contribution in [0, 0.1) is 0 Å². The summed E-state index contributed by atoms with van der Waals surface area (Å²) in [5.74, 6) is 0.178. The maximum absolute atomic E-state index is 12.0. The van der Waals surface area contributed by atoms with Crippen molar-refractivity contribution < 1.29 is 5.11 Å². The number of nitrogens with zero attached hydrogens (tertiary/aromatic N) is 1. The zero-order valence-corrected chi connectivity index (χ0v) is 9.39. The number of aromatic hydroxyl groups is 1. The second-order valence-corrected chi connectivity index (χ2v) is 3.85. The van der Waals surface area contributed by atoms with Crippen molar-refractivity contribution in [3.63, 3.8) is 0 Å². The Bertz CT molecular complexity index is 540. The summed E-state index contributed by atoms with van der Waals surface area (Å²) in [6.45, 7) is 0.573. The van der Waals surface area contributed by atoms with E-state index in [0.717, 1.165) is 12.0 Å². The minimum Gasteiger partial charge on any atom is -0.508 e. The molecule has 2 aromatic rings. The Labute approximate surface area is 98.5 Å². The Hall–Kier alpha value is -2.01. The molecule has 0 aliphatic heterocycles. The standard InChI is InChI=1S/C12H15N3O2/c13-7-1-2-9-8-14-15(12(9)17)10-3-5-11(16)6-4-10/h3-6,8,14,16H,1-2,7,13H2. The molecule has 0 radical (unpaired) electrons. The fourth-order valence-corrected chi connectivity index (χ4v) is 1.67. The van der Waals surface area contributed by atoms with Crippen LogP contribution in [0.15, 0.2) is 35.3 Å². The molecule has 5 nitrogen and oxygen atoms in total. The molecule has 0 spiro atoms. The van der Waals surface area contributed by atoms with E-state index >= 15 is 0 Å². The highest BCUT2D eigenvalue weighted by Crippen LogP contribution is 2.11. The number of benzene rings is 1. The van der Waals surface area contributed by atoms with E-state index in [1.54, 1.807) is 30.5 Å². The van der Waals surface area contributed by atoms with Gasteiger partial charge in [0.1, 0.15) is 5.75 Å². The van der Waals surface area contributed by atoms with Gasteiger partial charge in [0.25, 0.3) is 5.56 Å². The summed E-state index contributed by atoms with van der Waals surface area (Å²) in [5, 5.41) is 12.1. The van der Waals surface area contributed by atoms with Crippen LogP contribution >= 0.6 is 0 Å². The summed E-state index contributed by atoms with van der Waals surface area (Å²) >= 11 is 0. The number of aromatic amines is 1. The quantitative estimate of drug-likeness (QED) is 0.729. The average molecular weight is 233 g/mol. The monoisotopic (exact) mass is 233 g/mol. The number of phenolic OH excluding ortho intramolecular Hbond substituents is 1. The molecule has 0 saturated carbocycles. The maximum Gasteiger partial charge on any atom is 0.274 e. The fraction of sp³-hybridized carbons (Fsp3) is 0.250. The molecule has 4 N–H and O–H groups in total. The molecular weight excluding hydrogens is 218 g/mol. The van der Waals surface area contributed by atoms with Gasteiger partial charge in [-0.2, -0.15) is 0 Å². The molecule has 90 valence electrons. The molecule has 5 heteroatoms. The summed E-state index contributed by atoms with van der Waals surface area (Å²) in [5.41, 5.74) is 6.77. The van der Waals surface area contributed by atoms with Crippen molar-refractivity contribution in [3.05, 3.63) is 46.4 Å². The molecule has 0 aliphatic carbocycles. The Morgan fingerprint density at radius 2 is 2.00 bits per heavy atom. The first kappa shape index (κ1) is 11.5. The van der Waals surface area contributed by atoms with Gasteiger partial charge in [-0.1, -0.05) is 0 Å². The third kappa shape index (κ3) is 2.39. The molecular formula is C12H15N3O2. The van der Waals surface area contributed by atoms with E-state index in [0.29, 0.717) is 18.7 Å². The first-order chi connectivity index (χ1) is 8.22. The highest BCUT2D eigenvalue weighted by atomic mass is 16.3. The van der Waals surface area contributed by atoms with E-state index < -0.39 is 0 Å². The Kier molecular flexibility index (Phi) is 3.30. The van der Waals surface area contributed by atoms with Crippen molar-refractivity contribution in [3.8, 4) is 11.4 Å². The van der Waals surface area contributed by atoms with Gasteiger partial charge in [0, 0.05) is 11.8 Å². The van der Waals surface area contributed by atoms with Crippen molar-refractivity contribution in [1.29, 1.82) is 0 Å². The number of hydrogen-bond donors (Lipinski definition) is 3. The van der Waals surface area contributed by atoms with Crippen LogP contribution in [0.3, 0.4) is 0 Å². The molecule has 0 unspecified atom stereocenters. The van der Waals surface area contributed by atoms with Crippen molar-refractivity contribution in [2.45, 2.75) is 12.8 Å². The van der Waals surface area contributed by atoms with Gasteiger partial charge in [-0.05, 0) is 43.7 Å². The van der Waals surface area contributed by atoms with E-state index in [2.05, 4.69) is 5.10 Å². The predicted octanol–water partition coefficient (Wildman–Crippen LogP) is 0.762. The van der Waals surface area contributed by atoms with E-state index in [1.807, 2.05) is 0 Å². The molecule has 0 atom stereocenters. The molecule has 0 amide bonds. The van der Waals surface area contributed by atoms with Crippen LogP contribution in [-0.2, 0) is 6.42 Å². The van der Waals surface area contributed by atoms with Crippen molar-refractivity contribution >= 4 is 0 Å². The van der Waals surface area contributed by atoms with Crippen LogP contribution in [0.25, 0.3) is 5.69 Å². The van der Waals surface area contributed by atoms with Gasteiger partial charge in [-0.25, -0.2) is 4.68 Å². The highest BCUT2D eigenvalue weighted by molar-refractivity contribution is 5.36. The Morgan fingerprint density at radius 1 is 1.29 bits per heavy atom. The van der Waals surface area contributed by atoms with Crippen LogP contribution in [0.4, 0.5) is 0 Å². The summed E-state index contributed by atoms with van der Waals surface area (Å²) in [4.78, 5) is 12.0. The molecule has 0 aliphatic rings. The van der Waals surface area contributed by atoms with Crippen molar-refractivity contribution in [2.75, 3.05) is 6.54 Å². The smallest absolute Gasteiger partial charge is 0.274 e. The number of aryl methyl sites for hydroxylation is 1. The lowest BCUT2D eigenvalue weighted by Crippen LogP contribution is -2.17. The summed E-state index contributed by atoms with van der Waals surface area (Å²) in [6, 6.07) is 6.45. The summed E-state index contributed by atoms with van der Waals surface area (Å²) < 4.78 is 1.45. The van der Waals surface area contributed by atoms with Gasteiger partial charge in [0.15, 0.2) is 0 Å². The number of aromatic nitrogens is 2. The van der Waals surface area contributed by atoms with Gasteiger partial charge < -0.3 is 10.8 Å². The fourth-order valence-electron chi connectivity index (χ4n) is 1.67. The molecule has 0 fully saturated rings. The van der Waals surface area contributed by atoms with Gasteiger partial charge in [-0.3, -0.25) is 9.89 Å². The molecule has 0 bridgehead atoms. The second kappa shape index (κ2) is 4.88. The highest BCUT2D eigenvalue weighted by Gasteiger charge is 2.06. The molecule has 2 rings (SSSR count). The van der Waals surface area contributed by atoms with E-state index in [9.17, 15) is 9.90 Å². The topological polar surface area (TPSA) is 84.0 Å². The minimum absolute atomic E-state index is 0.0656. The third-order valence-corrected chi connectivity index (χ3v) is 2.60. The first-order valence-electron chi connectivity index (χ1n) is 5.51. The molecule has 1 aromatic heterocycles.